The number of imide groups is 3. The molecule has 6 aromatic rings. The van der Waals surface area contributed by atoms with Crippen LogP contribution in [0, 0.1) is 0 Å². The number of amides is 6. The molecule has 3 heterocycles. The Bertz CT molecular complexity index is 3310. The first-order valence-electron chi connectivity index (χ1n) is 23.6. The van der Waals surface area contributed by atoms with E-state index in [9.17, 15) is 43.2 Å². The molecule has 1 atom stereocenters. The fourth-order valence-corrected chi connectivity index (χ4v) is 8.90. The smallest absolute Gasteiger partial charge is 0.200 e. The normalized spacial score (nSPS) is 14.7. The number of phenolic OH excluding ortho intramolecular Hbond substituents is 1. The van der Waals surface area contributed by atoms with Gasteiger partial charge in [-0.15, -0.1) is 0 Å². The summed E-state index contributed by atoms with van der Waals surface area (Å²) in [5.74, 6) is 1.61. The zero-order valence-corrected chi connectivity index (χ0v) is 55.3. The van der Waals surface area contributed by atoms with Crippen molar-refractivity contribution >= 4 is 98.2 Å². The van der Waals surface area contributed by atoms with Crippen LogP contribution in [0.3, 0.4) is 0 Å². The van der Waals surface area contributed by atoms with Crippen LogP contribution in [0.4, 0.5) is 14.4 Å². The summed E-state index contributed by atoms with van der Waals surface area (Å²) < 4.78 is 26.2. The molecule has 0 aliphatic carbocycles. The van der Waals surface area contributed by atoms with Crippen LogP contribution in [-0.4, -0.2) is 95.7 Å². The maximum Gasteiger partial charge on any atom is 0.200 e. The molecule has 18 nitrogen and oxygen atoms in total. The average molecular weight is 1390 g/mol. The zero-order valence-electron chi connectivity index (χ0n) is 44.4. The van der Waals surface area contributed by atoms with Crippen LogP contribution >= 0.6 is 35.3 Å². The van der Waals surface area contributed by atoms with E-state index in [-0.39, 0.29) is 145 Å². The third kappa shape index (κ3) is 22.9. The van der Waals surface area contributed by atoms with Gasteiger partial charge in [0.05, 0.1) is 44.3 Å². The number of rotatable bonds is 17. The quantitative estimate of drug-likeness (QED) is 0.0657. The molecule has 3 radical (unpaired) electrons. The summed E-state index contributed by atoms with van der Waals surface area (Å²) in [4.78, 5) is 103. The molecule has 3 aliphatic rings. The molecule has 6 aromatic carbocycles. The number of ether oxygens (including phenoxy) is 5. The first kappa shape index (κ1) is 70.7. The van der Waals surface area contributed by atoms with E-state index in [0.29, 0.717) is 51.9 Å². The van der Waals surface area contributed by atoms with Crippen LogP contribution in [0.5, 0.6) is 34.5 Å². The minimum absolute atomic E-state index is 0. The Morgan fingerprint density at radius 2 is 0.890 bits per heavy atom. The Labute approximate surface area is 560 Å². The van der Waals surface area contributed by atoms with Gasteiger partial charge >= 0.3 is 0 Å². The van der Waals surface area contributed by atoms with Gasteiger partial charge in [-0.25, -0.2) is 0 Å². The largest absolute Gasteiger partial charge is 0.585 e. The number of ketones is 3. The molecule has 1 unspecified atom stereocenters. The number of phenols is 1. The van der Waals surface area contributed by atoms with E-state index in [1.807, 2.05) is 31.2 Å². The molecule has 9 rings (SSSR count). The SMILES string of the molecule is CCC(=O)c1cccc(OC)c1.COc1cccc(C(=O)COc2ccc(/C=C3/SC(=O)[N-]C3=O)cc2)c1.COc1cccc(C(=O)COc2ccc(CC3SC(=O)[N-]C3=O)cc2)c1.O=C1[N-]C(=O)/C(=C\c2ccc(O)cc2)S1.[Y].[Y].[Y]. The molecule has 1 N–H and O–H groups in total. The second-order valence-electron chi connectivity index (χ2n) is 16.3. The molecule has 82 heavy (non-hydrogen) atoms. The molecule has 415 valence electrons. The van der Waals surface area contributed by atoms with Gasteiger partial charge < -0.3 is 73.5 Å². The first-order valence-corrected chi connectivity index (χ1v) is 26.1. The Hall–Kier alpha value is -5.61. The minimum Gasteiger partial charge on any atom is -0.585 e. The van der Waals surface area contributed by atoms with E-state index in [1.165, 1.54) is 12.1 Å². The van der Waals surface area contributed by atoms with Crippen molar-refractivity contribution in [3.05, 3.63) is 205 Å². The molecule has 0 aromatic heterocycles. The number of nitrogens with zero attached hydrogens (tertiary/aromatic N) is 3. The summed E-state index contributed by atoms with van der Waals surface area (Å²) >= 11 is 2.57. The monoisotopic (exact) mass is 1390 g/mol. The van der Waals surface area contributed by atoms with Gasteiger partial charge in [-0.05, 0) is 108 Å². The van der Waals surface area contributed by atoms with Gasteiger partial charge in [-0.1, -0.05) is 115 Å². The van der Waals surface area contributed by atoms with Gasteiger partial charge in [0.25, 0.3) is 0 Å². The van der Waals surface area contributed by atoms with Crippen molar-refractivity contribution in [2.24, 2.45) is 0 Å². The third-order valence-corrected chi connectivity index (χ3v) is 13.4. The Morgan fingerprint density at radius 3 is 1.24 bits per heavy atom. The topological polar surface area (TPSA) is 262 Å². The first-order chi connectivity index (χ1) is 38.0. The van der Waals surface area contributed by atoms with Gasteiger partial charge in [-0.3, -0.25) is 14.4 Å². The summed E-state index contributed by atoms with van der Waals surface area (Å²) in [6.45, 7) is 1.66. The van der Waals surface area contributed by atoms with Crippen molar-refractivity contribution in [3.63, 3.8) is 0 Å². The number of methoxy groups -OCH3 is 3. The Kier molecular flexibility index (Phi) is 31.2. The summed E-state index contributed by atoms with van der Waals surface area (Å²) in [6, 6.07) is 41.2. The van der Waals surface area contributed by atoms with Gasteiger partial charge in [0, 0.05) is 131 Å². The Balaban J connectivity index is 0.000000296. The second-order valence-corrected chi connectivity index (χ2v) is 19.5. The molecule has 0 bridgehead atoms. The minimum atomic E-state index is -0.524. The average Bonchev–Trinajstić information content (AvgIpc) is 4.13. The molecular formula is C58H48N3O15S3Y3-3. The van der Waals surface area contributed by atoms with Crippen molar-refractivity contribution in [1.82, 2.24) is 0 Å². The zero-order chi connectivity index (χ0) is 56.8. The molecule has 3 fully saturated rings. The van der Waals surface area contributed by atoms with Crippen molar-refractivity contribution in [1.29, 1.82) is 0 Å². The predicted octanol–water partition coefficient (Wildman–Crippen LogP) is 12.5. The van der Waals surface area contributed by atoms with E-state index in [2.05, 4.69) is 16.0 Å². The molecule has 3 aliphatic heterocycles. The van der Waals surface area contributed by atoms with Crippen LogP contribution in [0.2, 0.25) is 0 Å². The van der Waals surface area contributed by atoms with Gasteiger partial charge in [0.15, 0.2) is 30.6 Å². The number of thioether (sulfide) groups is 3. The van der Waals surface area contributed by atoms with E-state index < -0.39 is 32.8 Å². The summed E-state index contributed by atoms with van der Waals surface area (Å²) in [5, 5.41) is 17.1. The maximum absolute atomic E-state index is 12.2. The maximum atomic E-state index is 12.2. The molecule has 0 spiro atoms. The summed E-state index contributed by atoms with van der Waals surface area (Å²) in [7, 11) is 4.68. The van der Waals surface area contributed by atoms with E-state index in [4.69, 9.17) is 28.8 Å². The molecule has 24 heteroatoms. The van der Waals surface area contributed by atoms with Crippen molar-refractivity contribution in [3.8, 4) is 34.5 Å². The van der Waals surface area contributed by atoms with Crippen molar-refractivity contribution in [2.45, 2.75) is 25.0 Å². The third-order valence-electron chi connectivity index (χ3n) is 10.9. The number of benzene rings is 6. The Morgan fingerprint density at radius 1 is 0.500 bits per heavy atom. The van der Waals surface area contributed by atoms with Crippen LogP contribution in [-0.2, 0) is 119 Å². The van der Waals surface area contributed by atoms with Gasteiger partial charge in [0.2, 0.25) is 0 Å². The van der Waals surface area contributed by atoms with Gasteiger partial charge in [0.1, 0.15) is 50.2 Å². The van der Waals surface area contributed by atoms with E-state index >= 15 is 0 Å². The van der Waals surface area contributed by atoms with Crippen LogP contribution in [0.25, 0.3) is 28.1 Å². The number of aromatic hydroxyl groups is 1. The van der Waals surface area contributed by atoms with E-state index in [0.717, 1.165) is 63.3 Å². The van der Waals surface area contributed by atoms with Crippen LogP contribution < -0.4 is 23.7 Å². The van der Waals surface area contributed by atoms with Gasteiger partial charge in [-0.2, -0.15) is 0 Å². The molecule has 6 amide bonds. The molecule has 0 saturated carbocycles. The summed E-state index contributed by atoms with van der Waals surface area (Å²) in [6.07, 6.45) is 4.13. The number of hydrogen-bond acceptors (Lipinski definition) is 18. The predicted molar refractivity (Wildman–Crippen MR) is 302 cm³/mol. The van der Waals surface area contributed by atoms with Crippen molar-refractivity contribution in [2.75, 3.05) is 34.5 Å². The molecule has 3 saturated heterocycles. The standard InChI is InChI=1S/C19H17NO5S.C19H15NO5S.C10H7NO3S.C10H12O2.3Y/c2*1-24-15-4-2-3-13(10-15)16(21)11-25-14-7-5-12(6-8-14)9-17-18(22)20-19(23)26-17;12-7-3-1-6(2-4-7)5-8-9(13)11-10(14)15-8;1-3-10(11)8-5-4-6-9(7-8)12-2;;;/h2-8,10,17H,9,11H2,1H3,(H,20,22,23);2-10H,11H2,1H3,(H,20,22,23);1-5H,(H2,11,12,13,14);4-7H,3H2,1-2H3;;;/p-3/b;17-9+;;;;;. The molecular weight excluding hydrogens is 1340 g/mol. The fourth-order valence-electron chi connectivity index (χ4n) is 6.80. The van der Waals surface area contributed by atoms with Crippen molar-refractivity contribution < 1.29 is 170 Å². The summed E-state index contributed by atoms with van der Waals surface area (Å²) in [5.41, 5.74) is 4.12. The fraction of sp³-hybridized carbons (Fsp3) is 0.155. The van der Waals surface area contributed by atoms with Crippen LogP contribution in [0.15, 0.2) is 155 Å². The number of carbonyl (C=O) groups is 9. The number of hydrogen-bond donors (Lipinski definition) is 1. The second kappa shape index (κ2) is 36.2. The number of carbonyl (C=O) groups excluding carboxylic acids is 9. The van der Waals surface area contributed by atoms with Crippen LogP contribution in [0.1, 0.15) is 61.1 Å². The number of Topliss-reactive ketones (excluding diaryl/α,β-unsaturated/α-hetero) is 3. The van der Waals surface area contributed by atoms with E-state index in [1.54, 1.807) is 143 Å².